The number of fused-ring (bicyclic) bond motifs is 1. The van der Waals surface area contributed by atoms with Crippen molar-refractivity contribution in [3.05, 3.63) is 22.3 Å². The highest BCUT2D eigenvalue weighted by Gasteiger charge is 2.54. The van der Waals surface area contributed by atoms with Crippen LogP contribution < -0.4 is 11.1 Å². The van der Waals surface area contributed by atoms with Crippen LogP contribution in [0.2, 0.25) is 0 Å². The Balaban J connectivity index is 1.74. The number of ether oxygens (including phenoxy) is 1. The number of nitrogen functional groups attached to an aromatic ring is 1. The van der Waals surface area contributed by atoms with Gasteiger partial charge >= 0.3 is 11.9 Å². The Morgan fingerprint density at radius 3 is 2.71 bits per heavy atom. The van der Waals surface area contributed by atoms with E-state index in [1.807, 2.05) is 0 Å². The zero-order valence-corrected chi connectivity index (χ0v) is 19.9. The van der Waals surface area contributed by atoms with Gasteiger partial charge in [-0.3, -0.25) is 24.1 Å². The number of nitrogens with zero attached hydrogens (tertiary/aromatic N) is 3. The van der Waals surface area contributed by atoms with Gasteiger partial charge in [-0.15, -0.1) is 23.1 Å². The van der Waals surface area contributed by atoms with E-state index in [1.54, 1.807) is 0 Å². The number of aromatic nitrogens is 1. The molecule has 0 radical (unpaired) electrons. The van der Waals surface area contributed by atoms with E-state index in [9.17, 15) is 29.1 Å². The number of rotatable bonds is 11. The Morgan fingerprint density at radius 1 is 1.37 bits per heavy atom. The van der Waals surface area contributed by atoms with Crippen LogP contribution >= 0.6 is 23.1 Å². The van der Waals surface area contributed by atoms with E-state index in [2.05, 4.69) is 15.5 Å². The molecule has 188 valence electrons. The third kappa shape index (κ3) is 5.95. The number of anilines is 1. The third-order valence-corrected chi connectivity index (χ3v) is 6.67. The number of carbonyl (C=O) groups excluding carboxylic acids is 4. The lowest BCUT2D eigenvalue weighted by atomic mass is 10.0. The number of esters is 1. The molecule has 0 aliphatic carbocycles. The van der Waals surface area contributed by atoms with Crippen LogP contribution in [0.1, 0.15) is 19.0 Å². The topological polar surface area (TPSA) is 211 Å². The normalized spacial score (nSPS) is 19.5. The number of ketones is 1. The number of hydrogen-bond donors (Lipinski definition) is 4. The number of thiazole rings is 1. The Kier molecular flexibility index (Phi) is 8.42. The van der Waals surface area contributed by atoms with Gasteiger partial charge in [-0.05, 0) is 6.92 Å². The Labute approximate surface area is 206 Å². The van der Waals surface area contributed by atoms with Gasteiger partial charge in [-0.2, -0.15) is 0 Å². The van der Waals surface area contributed by atoms with Crippen molar-refractivity contribution in [1.29, 1.82) is 0 Å². The van der Waals surface area contributed by atoms with Crippen molar-refractivity contribution >= 4 is 63.5 Å². The van der Waals surface area contributed by atoms with E-state index in [1.165, 1.54) is 24.1 Å². The van der Waals surface area contributed by atoms with Crippen molar-refractivity contribution in [3.63, 3.8) is 0 Å². The standard InChI is InChI=1S/C19H21N5O9S2/c1-8(26)4-11(27)32-5-9-6-34-17-13(16(29)24(17)14(9)18(30)31)22-15(28)12(23-33-3-2-25)10-7-35-19(20)21-10/h7,13,17,25H,2-6H2,1H3,(H2,20,21)(H,22,28)(H,30,31)/b23-12-/t13-,17+/m1/s1. The summed E-state index contributed by atoms with van der Waals surface area (Å²) >= 11 is 2.22. The number of amides is 2. The van der Waals surface area contributed by atoms with Crippen molar-refractivity contribution in [3.8, 4) is 0 Å². The second-order valence-corrected chi connectivity index (χ2v) is 9.22. The number of aliphatic hydroxyl groups is 1. The monoisotopic (exact) mass is 527 g/mol. The summed E-state index contributed by atoms with van der Waals surface area (Å²) in [5.41, 5.74) is 5.28. The van der Waals surface area contributed by atoms with Gasteiger partial charge in [0.1, 0.15) is 48.2 Å². The largest absolute Gasteiger partial charge is 0.477 e. The summed E-state index contributed by atoms with van der Waals surface area (Å²) < 4.78 is 4.97. The fraction of sp³-hybridized carbons (Fsp3) is 0.421. The van der Waals surface area contributed by atoms with Gasteiger partial charge in [0.05, 0.1) is 6.61 Å². The predicted octanol–water partition coefficient (Wildman–Crippen LogP) is -1.30. The lowest BCUT2D eigenvalue weighted by Crippen LogP contribution is -2.71. The Morgan fingerprint density at radius 2 is 2.11 bits per heavy atom. The van der Waals surface area contributed by atoms with Gasteiger partial charge in [-0.1, -0.05) is 5.16 Å². The van der Waals surface area contributed by atoms with Crippen molar-refractivity contribution in [1.82, 2.24) is 15.2 Å². The van der Waals surface area contributed by atoms with Crippen LogP contribution in [0.4, 0.5) is 5.13 Å². The van der Waals surface area contributed by atoms with E-state index < -0.39 is 54.0 Å². The van der Waals surface area contributed by atoms with Crippen molar-refractivity contribution in [2.24, 2.45) is 5.16 Å². The highest BCUT2D eigenvalue weighted by molar-refractivity contribution is 8.00. The fourth-order valence-corrected chi connectivity index (χ4v) is 5.05. The zero-order valence-electron chi connectivity index (χ0n) is 18.3. The highest BCUT2D eigenvalue weighted by atomic mass is 32.2. The lowest BCUT2D eigenvalue weighted by molar-refractivity contribution is -0.150. The number of β-lactam (4-membered cyclic amide) rings is 1. The highest BCUT2D eigenvalue weighted by Crippen LogP contribution is 2.40. The van der Waals surface area contributed by atoms with E-state index in [4.69, 9.17) is 20.4 Å². The molecule has 2 amide bonds. The molecular formula is C19H21N5O9S2. The number of carboxylic acid groups (broad SMARTS) is 1. The van der Waals surface area contributed by atoms with Gasteiger partial charge < -0.3 is 30.8 Å². The maximum absolute atomic E-state index is 12.9. The molecule has 5 N–H and O–H groups in total. The summed E-state index contributed by atoms with van der Waals surface area (Å²) in [6, 6.07) is -1.07. The number of nitrogens with one attached hydrogen (secondary N) is 1. The molecule has 0 saturated carbocycles. The van der Waals surface area contributed by atoms with Crippen LogP contribution in [0.3, 0.4) is 0 Å². The number of Topliss-reactive ketones (excluding diaryl/α,β-unsaturated/α-hetero) is 1. The molecule has 1 fully saturated rings. The quantitative estimate of drug-likeness (QED) is 0.0660. The van der Waals surface area contributed by atoms with Gasteiger partial charge in [0.2, 0.25) is 0 Å². The maximum atomic E-state index is 12.9. The molecule has 1 aromatic rings. The molecule has 35 heavy (non-hydrogen) atoms. The first-order chi connectivity index (χ1) is 16.6. The summed E-state index contributed by atoms with van der Waals surface area (Å²) in [5.74, 6) is -3.99. The third-order valence-electron chi connectivity index (χ3n) is 4.66. The first-order valence-corrected chi connectivity index (χ1v) is 11.9. The Bertz CT molecular complexity index is 1120. The summed E-state index contributed by atoms with van der Waals surface area (Å²) in [4.78, 5) is 70.1. The second-order valence-electron chi connectivity index (χ2n) is 7.23. The van der Waals surface area contributed by atoms with Gasteiger partial charge in [0, 0.05) is 16.7 Å². The molecule has 3 heterocycles. The van der Waals surface area contributed by atoms with E-state index >= 15 is 0 Å². The molecule has 2 aliphatic rings. The molecule has 2 aliphatic heterocycles. The number of carboxylic acids is 1. The average molecular weight is 528 g/mol. The minimum absolute atomic E-state index is 0.101. The lowest BCUT2D eigenvalue weighted by Gasteiger charge is -2.49. The van der Waals surface area contributed by atoms with Crippen LogP contribution in [0.5, 0.6) is 0 Å². The number of oxime groups is 1. The number of aliphatic carboxylic acids is 1. The molecule has 1 saturated heterocycles. The average Bonchev–Trinajstić information content (AvgIpc) is 3.23. The summed E-state index contributed by atoms with van der Waals surface area (Å²) in [6.07, 6.45) is -0.446. The number of thioether (sulfide) groups is 1. The van der Waals surface area contributed by atoms with Crippen LogP contribution in [0.15, 0.2) is 21.8 Å². The van der Waals surface area contributed by atoms with Crippen molar-refractivity contribution in [2.75, 3.05) is 31.3 Å². The molecule has 3 rings (SSSR count). The number of nitrogens with two attached hydrogens (primary N) is 1. The van der Waals surface area contributed by atoms with Crippen molar-refractivity contribution in [2.45, 2.75) is 24.8 Å². The van der Waals surface area contributed by atoms with E-state index in [0.717, 1.165) is 16.2 Å². The molecule has 0 bridgehead atoms. The molecule has 14 nitrogen and oxygen atoms in total. The van der Waals surface area contributed by atoms with Gasteiger partial charge in [-0.25, -0.2) is 9.78 Å². The molecule has 0 unspecified atom stereocenters. The van der Waals surface area contributed by atoms with Crippen molar-refractivity contribution < 1.29 is 43.8 Å². The minimum atomic E-state index is -1.40. The maximum Gasteiger partial charge on any atom is 0.352 e. The first-order valence-electron chi connectivity index (χ1n) is 10.0. The predicted molar refractivity (Wildman–Crippen MR) is 122 cm³/mol. The molecule has 1 aromatic heterocycles. The minimum Gasteiger partial charge on any atom is -0.477 e. The number of hydrogen-bond acceptors (Lipinski definition) is 13. The Hall–Kier alpha value is -3.50. The molecule has 2 atom stereocenters. The van der Waals surface area contributed by atoms with E-state index in [0.29, 0.717) is 0 Å². The van der Waals surface area contributed by atoms with E-state index in [-0.39, 0.29) is 46.8 Å². The fourth-order valence-electron chi connectivity index (χ4n) is 3.18. The summed E-state index contributed by atoms with van der Waals surface area (Å²) in [5, 5.41) is 25.6. The second kappa shape index (κ2) is 11.3. The number of carbonyl (C=O) groups is 5. The van der Waals surface area contributed by atoms with Crippen LogP contribution in [0, 0.1) is 0 Å². The van der Waals surface area contributed by atoms with Crippen LogP contribution in [-0.4, -0.2) is 92.3 Å². The van der Waals surface area contributed by atoms with Crippen LogP contribution in [0.25, 0.3) is 0 Å². The number of aliphatic hydroxyl groups excluding tert-OH is 1. The van der Waals surface area contributed by atoms with Gasteiger partial charge in [0.15, 0.2) is 10.8 Å². The first kappa shape index (κ1) is 26.1. The molecule has 16 heteroatoms. The molecular weight excluding hydrogens is 506 g/mol. The summed E-state index contributed by atoms with van der Waals surface area (Å²) in [6.45, 7) is 0.300. The molecule has 0 spiro atoms. The zero-order chi connectivity index (χ0) is 25.7. The van der Waals surface area contributed by atoms with Gasteiger partial charge in [0.25, 0.3) is 11.8 Å². The smallest absolute Gasteiger partial charge is 0.352 e. The SMILES string of the molecule is CC(=O)CC(=O)OCC1=C(C(=O)O)N2C(=O)[C@@H](NC(=O)/C(=N\OCCO)c3csc(N)n3)[C@@H]2SC1. The summed E-state index contributed by atoms with van der Waals surface area (Å²) in [7, 11) is 0. The molecule has 0 aromatic carbocycles. The van der Waals surface area contributed by atoms with Crippen LogP contribution in [-0.2, 0) is 33.5 Å².